The summed E-state index contributed by atoms with van der Waals surface area (Å²) >= 11 is 0. The van der Waals surface area contributed by atoms with E-state index in [1.54, 1.807) is 18.4 Å². The molecule has 0 amide bonds. The molecule has 21 heavy (non-hydrogen) atoms. The molecular formula is C16H24N2O3. The van der Waals surface area contributed by atoms with Crippen molar-refractivity contribution in [1.29, 1.82) is 0 Å². The molecule has 1 fully saturated rings. The molecule has 5 nitrogen and oxygen atoms in total. The standard InChI is InChI=1S/C16H24N2O3/c1-9-5-6-13(7-9)18-12(4)14(8-10(2)15(19)20)11(3)17-16(18)21/h9-10,13H,5-8H2,1-4H3,(H,19,20). The van der Waals surface area contributed by atoms with Crippen molar-refractivity contribution in [2.45, 2.75) is 59.4 Å². The van der Waals surface area contributed by atoms with E-state index in [4.69, 9.17) is 5.11 Å². The number of carboxylic acids is 1. The number of carboxylic acid groups (broad SMARTS) is 1. The first-order valence-corrected chi connectivity index (χ1v) is 7.62. The van der Waals surface area contributed by atoms with Gasteiger partial charge in [0, 0.05) is 17.4 Å². The molecule has 1 aromatic heterocycles. The number of nitrogens with zero attached hydrogens (tertiary/aromatic N) is 2. The maximum atomic E-state index is 12.3. The van der Waals surface area contributed by atoms with E-state index in [9.17, 15) is 9.59 Å². The number of hydrogen-bond donors (Lipinski definition) is 1. The fraction of sp³-hybridized carbons (Fsp3) is 0.688. The van der Waals surface area contributed by atoms with Gasteiger partial charge in [-0.1, -0.05) is 13.8 Å². The highest BCUT2D eigenvalue weighted by atomic mass is 16.4. The molecule has 1 saturated carbocycles. The smallest absolute Gasteiger partial charge is 0.348 e. The average molecular weight is 292 g/mol. The molecule has 0 bridgehead atoms. The van der Waals surface area contributed by atoms with Gasteiger partial charge in [-0.3, -0.25) is 9.36 Å². The molecule has 1 aliphatic carbocycles. The lowest BCUT2D eigenvalue weighted by Crippen LogP contribution is -2.31. The average Bonchev–Trinajstić information content (AvgIpc) is 2.80. The van der Waals surface area contributed by atoms with Crippen LogP contribution in [0.5, 0.6) is 0 Å². The first-order valence-electron chi connectivity index (χ1n) is 7.62. The van der Waals surface area contributed by atoms with Gasteiger partial charge in [0.2, 0.25) is 0 Å². The minimum Gasteiger partial charge on any atom is -0.481 e. The van der Waals surface area contributed by atoms with Crippen molar-refractivity contribution < 1.29 is 9.90 Å². The molecule has 0 aliphatic heterocycles. The van der Waals surface area contributed by atoms with Crippen LogP contribution in [0, 0.1) is 25.7 Å². The third-order valence-corrected chi connectivity index (χ3v) is 4.67. The Labute approximate surface area is 125 Å². The normalized spacial score (nSPS) is 23.2. The number of carbonyl (C=O) groups is 1. The summed E-state index contributed by atoms with van der Waals surface area (Å²) < 4.78 is 1.79. The first-order chi connectivity index (χ1) is 9.81. The summed E-state index contributed by atoms with van der Waals surface area (Å²) in [6, 6.07) is 0.208. The van der Waals surface area contributed by atoms with E-state index >= 15 is 0 Å². The highest BCUT2D eigenvalue weighted by Gasteiger charge is 2.27. The lowest BCUT2D eigenvalue weighted by Gasteiger charge is -2.21. The number of hydrogen-bond acceptors (Lipinski definition) is 3. The maximum Gasteiger partial charge on any atom is 0.348 e. The van der Waals surface area contributed by atoms with Gasteiger partial charge in [0.15, 0.2) is 0 Å². The first kappa shape index (κ1) is 15.7. The Kier molecular flexibility index (Phi) is 4.49. The summed E-state index contributed by atoms with van der Waals surface area (Å²) in [5.41, 5.74) is 2.26. The van der Waals surface area contributed by atoms with Crippen LogP contribution in [0.15, 0.2) is 4.79 Å². The SMILES string of the molecule is Cc1nc(=O)n(C2CCC(C)C2)c(C)c1CC(C)C(=O)O. The van der Waals surface area contributed by atoms with Gasteiger partial charge in [-0.15, -0.1) is 0 Å². The topological polar surface area (TPSA) is 72.2 Å². The van der Waals surface area contributed by atoms with E-state index < -0.39 is 11.9 Å². The molecule has 3 unspecified atom stereocenters. The number of aromatic nitrogens is 2. The van der Waals surface area contributed by atoms with Crippen LogP contribution in [0.3, 0.4) is 0 Å². The monoisotopic (exact) mass is 292 g/mol. The Balaban J connectivity index is 2.43. The minimum atomic E-state index is -0.818. The van der Waals surface area contributed by atoms with Crippen molar-refractivity contribution in [1.82, 2.24) is 9.55 Å². The van der Waals surface area contributed by atoms with E-state index in [1.165, 1.54) is 0 Å². The molecule has 0 saturated heterocycles. The molecule has 3 atom stereocenters. The highest BCUT2D eigenvalue weighted by molar-refractivity contribution is 5.70. The van der Waals surface area contributed by atoms with E-state index in [1.807, 2.05) is 6.92 Å². The Morgan fingerprint density at radius 2 is 2.10 bits per heavy atom. The molecular weight excluding hydrogens is 268 g/mol. The lowest BCUT2D eigenvalue weighted by molar-refractivity contribution is -0.141. The van der Waals surface area contributed by atoms with Crippen molar-refractivity contribution in [3.63, 3.8) is 0 Å². The fourth-order valence-corrected chi connectivity index (χ4v) is 3.35. The minimum absolute atomic E-state index is 0.198. The summed E-state index contributed by atoms with van der Waals surface area (Å²) in [6.45, 7) is 7.60. The third kappa shape index (κ3) is 3.17. The number of aliphatic carboxylic acids is 1. The quantitative estimate of drug-likeness (QED) is 0.925. The number of rotatable bonds is 4. The fourth-order valence-electron chi connectivity index (χ4n) is 3.35. The van der Waals surface area contributed by atoms with Crippen molar-refractivity contribution in [2.75, 3.05) is 0 Å². The Morgan fingerprint density at radius 3 is 2.62 bits per heavy atom. The summed E-state index contributed by atoms with van der Waals surface area (Å²) in [4.78, 5) is 27.5. The molecule has 0 radical (unpaired) electrons. The molecule has 1 heterocycles. The van der Waals surface area contributed by atoms with Crippen molar-refractivity contribution in [3.8, 4) is 0 Å². The zero-order chi connectivity index (χ0) is 15.7. The van der Waals surface area contributed by atoms with Gasteiger partial charge >= 0.3 is 11.7 Å². The molecule has 116 valence electrons. The third-order valence-electron chi connectivity index (χ3n) is 4.67. The van der Waals surface area contributed by atoms with Gasteiger partial charge in [-0.25, -0.2) is 4.79 Å². The second kappa shape index (κ2) is 6.00. The van der Waals surface area contributed by atoms with Crippen LogP contribution in [0.2, 0.25) is 0 Å². The zero-order valence-corrected chi connectivity index (χ0v) is 13.2. The second-order valence-electron chi connectivity index (χ2n) is 6.43. The van der Waals surface area contributed by atoms with Crippen molar-refractivity contribution in [2.24, 2.45) is 11.8 Å². The molecule has 2 rings (SSSR count). The predicted octanol–water partition coefficient (Wildman–Crippen LogP) is 2.48. The van der Waals surface area contributed by atoms with E-state index in [0.717, 1.165) is 30.5 Å². The Bertz CT molecular complexity index is 606. The van der Waals surface area contributed by atoms with Gasteiger partial charge in [0.25, 0.3) is 0 Å². The van der Waals surface area contributed by atoms with Crippen LogP contribution in [-0.4, -0.2) is 20.6 Å². The maximum absolute atomic E-state index is 12.3. The molecule has 5 heteroatoms. The zero-order valence-electron chi connectivity index (χ0n) is 13.2. The van der Waals surface area contributed by atoms with Crippen LogP contribution in [0.4, 0.5) is 0 Å². The van der Waals surface area contributed by atoms with Crippen LogP contribution in [0.1, 0.15) is 56.1 Å². The Hall–Kier alpha value is -1.65. The van der Waals surface area contributed by atoms with Gasteiger partial charge in [-0.2, -0.15) is 4.98 Å². The van der Waals surface area contributed by atoms with E-state index in [2.05, 4.69) is 11.9 Å². The molecule has 1 aromatic rings. The van der Waals surface area contributed by atoms with Crippen molar-refractivity contribution >= 4 is 5.97 Å². The van der Waals surface area contributed by atoms with E-state index in [0.29, 0.717) is 18.0 Å². The largest absolute Gasteiger partial charge is 0.481 e. The summed E-state index contributed by atoms with van der Waals surface area (Å²) in [7, 11) is 0. The van der Waals surface area contributed by atoms with Crippen LogP contribution < -0.4 is 5.69 Å². The molecule has 1 aliphatic rings. The molecule has 1 N–H and O–H groups in total. The molecule has 0 aromatic carbocycles. The van der Waals surface area contributed by atoms with E-state index in [-0.39, 0.29) is 11.7 Å². The van der Waals surface area contributed by atoms with Crippen molar-refractivity contribution in [3.05, 3.63) is 27.4 Å². The lowest BCUT2D eigenvalue weighted by atomic mass is 9.98. The summed E-state index contributed by atoms with van der Waals surface area (Å²) in [5.74, 6) is -0.664. The van der Waals surface area contributed by atoms with Crippen LogP contribution in [-0.2, 0) is 11.2 Å². The summed E-state index contributed by atoms with van der Waals surface area (Å²) in [6.07, 6.45) is 3.55. The molecule has 0 spiro atoms. The Morgan fingerprint density at radius 1 is 1.43 bits per heavy atom. The second-order valence-corrected chi connectivity index (χ2v) is 6.43. The van der Waals surface area contributed by atoms with Crippen LogP contribution >= 0.6 is 0 Å². The number of aryl methyl sites for hydroxylation is 1. The van der Waals surface area contributed by atoms with Gasteiger partial charge < -0.3 is 5.11 Å². The van der Waals surface area contributed by atoms with Crippen LogP contribution in [0.25, 0.3) is 0 Å². The highest BCUT2D eigenvalue weighted by Crippen LogP contribution is 2.34. The predicted molar refractivity (Wildman–Crippen MR) is 80.5 cm³/mol. The van der Waals surface area contributed by atoms with Gasteiger partial charge in [0.1, 0.15) is 0 Å². The summed E-state index contributed by atoms with van der Waals surface area (Å²) in [5, 5.41) is 9.11. The van der Waals surface area contributed by atoms with Gasteiger partial charge in [-0.05, 0) is 51.0 Å². The van der Waals surface area contributed by atoms with Gasteiger partial charge in [0.05, 0.1) is 5.92 Å².